The van der Waals surface area contributed by atoms with E-state index in [0.29, 0.717) is 11.3 Å². The average Bonchev–Trinajstić information content (AvgIpc) is 3.27. The Kier molecular flexibility index (Phi) is 3.37. The maximum atomic E-state index is 13.1. The van der Waals surface area contributed by atoms with E-state index in [1.54, 1.807) is 0 Å². The number of piperidine rings is 1. The van der Waals surface area contributed by atoms with Gasteiger partial charge in [0.15, 0.2) is 0 Å². The fraction of sp³-hybridized carbons (Fsp3) is 0.611. The third-order valence-corrected chi connectivity index (χ3v) is 5.81. The molecule has 3 aliphatic rings. The Morgan fingerprint density at radius 1 is 1.18 bits per heavy atom. The Hall–Kier alpha value is -1.55. The largest absolute Gasteiger partial charge is 0.373 e. The normalized spacial score (nSPS) is 26.5. The molecule has 1 aliphatic carbocycles. The predicted octanol–water partition coefficient (Wildman–Crippen LogP) is 2.25. The molecule has 0 radical (unpaired) electrons. The van der Waals surface area contributed by atoms with Crippen LogP contribution in [0, 0.1) is 11.3 Å². The molecule has 1 amide bonds. The minimum atomic E-state index is 0.256. The highest BCUT2D eigenvalue weighted by Crippen LogP contribution is 2.59. The number of fused-ring (bicyclic) bond motifs is 1. The average molecular weight is 299 g/mol. The third-order valence-electron chi connectivity index (χ3n) is 5.81. The summed E-state index contributed by atoms with van der Waals surface area (Å²) in [6.07, 6.45) is 4.47. The van der Waals surface area contributed by atoms with Crippen LogP contribution >= 0.6 is 0 Å². The summed E-state index contributed by atoms with van der Waals surface area (Å²) < 4.78 is 0. The summed E-state index contributed by atoms with van der Waals surface area (Å²) in [6.45, 7) is 4.01. The minimum Gasteiger partial charge on any atom is -0.373 e. The van der Waals surface area contributed by atoms with Gasteiger partial charge in [-0.3, -0.25) is 4.79 Å². The number of nitrogens with zero attached hydrogens (tertiary/aromatic N) is 2. The molecule has 118 valence electrons. The van der Waals surface area contributed by atoms with Gasteiger partial charge in [-0.05, 0) is 56.3 Å². The van der Waals surface area contributed by atoms with E-state index in [2.05, 4.69) is 40.4 Å². The Bertz CT molecular complexity index is 579. The van der Waals surface area contributed by atoms with Crippen molar-refractivity contribution >= 4 is 17.3 Å². The van der Waals surface area contributed by atoms with E-state index < -0.39 is 0 Å². The molecule has 1 saturated carbocycles. The summed E-state index contributed by atoms with van der Waals surface area (Å²) in [4.78, 5) is 17.5. The van der Waals surface area contributed by atoms with Crippen LogP contribution in [0.15, 0.2) is 24.3 Å². The topological polar surface area (TPSA) is 35.6 Å². The maximum absolute atomic E-state index is 13.1. The monoisotopic (exact) mass is 299 g/mol. The van der Waals surface area contributed by atoms with E-state index in [9.17, 15) is 4.79 Å². The second-order valence-electron chi connectivity index (χ2n) is 7.12. The van der Waals surface area contributed by atoms with Crippen molar-refractivity contribution in [3.05, 3.63) is 24.3 Å². The number of nitrogens with one attached hydrogen (secondary N) is 1. The molecule has 2 fully saturated rings. The fourth-order valence-electron chi connectivity index (χ4n) is 4.31. The fourth-order valence-corrected chi connectivity index (χ4v) is 4.31. The van der Waals surface area contributed by atoms with Crippen molar-refractivity contribution in [2.45, 2.75) is 25.7 Å². The molecule has 2 heterocycles. The third kappa shape index (κ3) is 2.21. The maximum Gasteiger partial charge on any atom is 0.230 e. The van der Waals surface area contributed by atoms with Crippen LogP contribution in [0.1, 0.15) is 25.7 Å². The van der Waals surface area contributed by atoms with Crippen molar-refractivity contribution < 1.29 is 4.79 Å². The quantitative estimate of drug-likeness (QED) is 0.864. The van der Waals surface area contributed by atoms with Crippen LogP contribution in [0.3, 0.4) is 0 Å². The molecule has 1 saturated heterocycles. The SMILES string of the molecule is CN1CCCN(C(=O)C2CC23CCNCC3)c2ccccc21. The van der Waals surface area contributed by atoms with Gasteiger partial charge in [0.05, 0.1) is 11.4 Å². The van der Waals surface area contributed by atoms with Crippen LogP contribution in [0.25, 0.3) is 0 Å². The molecule has 1 spiro atoms. The van der Waals surface area contributed by atoms with Crippen molar-refractivity contribution in [3.8, 4) is 0 Å². The van der Waals surface area contributed by atoms with Gasteiger partial charge in [0.25, 0.3) is 0 Å². The van der Waals surface area contributed by atoms with E-state index >= 15 is 0 Å². The summed E-state index contributed by atoms with van der Waals surface area (Å²) in [7, 11) is 2.12. The molecule has 22 heavy (non-hydrogen) atoms. The van der Waals surface area contributed by atoms with Crippen molar-refractivity contribution in [2.75, 3.05) is 43.0 Å². The molecule has 1 aromatic rings. The van der Waals surface area contributed by atoms with Crippen LogP contribution in [0.5, 0.6) is 0 Å². The van der Waals surface area contributed by atoms with Gasteiger partial charge in [-0.2, -0.15) is 0 Å². The van der Waals surface area contributed by atoms with Crippen LogP contribution in [-0.4, -0.2) is 39.1 Å². The van der Waals surface area contributed by atoms with Crippen LogP contribution in [-0.2, 0) is 4.79 Å². The summed E-state index contributed by atoms with van der Waals surface area (Å²) in [5, 5.41) is 3.42. The highest BCUT2D eigenvalue weighted by atomic mass is 16.2. The van der Waals surface area contributed by atoms with E-state index in [1.807, 2.05) is 6.07 Å². The smallest absolute Gasteiger partial charge is 0.230 e. The first-order valence-corrected chi connectivity index (χ1v) is 8.54. The molecular formula is C18H25N3O. The van der Waals surface area contributed by atoms with Crippen LogP contribution in [0.4, 0.5) is 11.4 Å². The van der Waals surface area contributed by atoms with Crippen molar-refractivity contribution in [1.82, 2.24) is 5.32 Å². The second kappa shape index (κ2) is 5.27. The van der Waals surface area contributed by atoms with Crippen molar-refractivity contribution in [2.24, 2.45) is 11.3 Å². The van der Waals surface area contributed by atoms with Gasteiger partial charge in [-0.15, -0.1) is 0 Å². The first-order valence-electron chi connectivity index (χ1n) is 8.54. The molecule has 0 aromatic heterocycles. The lowest BCUT2D eigenvalue weighted by Gasteiger charge is -2.27. The number of benzene rings is 1. The van der Waals surface area contributed by atoms with Crippen molar-refractivity contribution in [1.29, 1.82) is 0 Å². The molecule has 1 N–H and O–H groups in total. The van der Waals surface area contributed by atoms with E-state index in [4.69, 9.17) is 0 Å². The highest BCUT2D eigenvalue weighted by Gasteiger charge is 2.58. The highest BCUT2D eigenvalue weighted by molar-refractivity contribution is 6.00. The summed E-state index contributed by atoms with van der Waals surface area (Å²) in [5.41, 5.74) is 2.60. The Balaban J connectivity index is 1.60. The van der Waals surface area contributed by atoms with Gasteiger partial charge >= 0.3 is 0 Å². The minimum absolute atomic E-state index is 0.256. The summed E-state index contributed by atoms with van der Waals surface area (Å²) in [5.74, 6) is 0.621. The Labute approximate surface area is 132 Å². The molecule has 1 atom stereocenters. The first-order chi connectivity index (χ1) is 10.7. The number of amides is 1. The number of carbonyl (C=O) groups is 1. The first kappa shape index (κ1) is 14.1. The lowest BCUT2D eigenvalue weighted by atomic mass is 9.91. The Morgan fingerprint density at radius 3 is 2.68 bits per heavy atom. The van der Waals surface area contributed by atoms with Gasteiger partial charge < -0.3 is 15.1 Å². The van der Waals surface area contributed by atoms with Gasteiger partial charge in [-0.25, -0.2) is 0 Å². The number of carbonyl (C=O) groups excluding carboxylic acids is 1. The lowest BCUT2D eigenvalue weighted by molar-refractivity contribution is -0.120. The number of para-hydroxylation sites is 2. The second-order valence-corrected chi connectivity index (χ2v) is 7.12. The Morgan fingerprint density at radius 2 is 1.91 bits per heavy atom. The van der Waals surface area contributed by atoms with Gasteiger partial charge in [0.2, 0.25) is 5.91 Å². The predicted molar refractivity (Wildman–Crippen MR) is 89.3 cm³/mol. The number of rotatable bonds is 1. The zero-order valence-corrected chi connectivity index (χ0v) is 13.3. The molecule has 0 bridgehead atoms. The lowest BCUT2D eigenvalue weighted by Crippen LogP contribution is -2.37. The summed E-state index contributed by atoms with van der Waals surface area (Å²) in [6, 6.07) is 8.35. The van der Waals surface area contributed by atoms with Crippen LogP contribution < -0.4 is 15.1 Å². The molecular weight excluding hydrogens is 274 g/mol. The molecule has 4 nitrogen and oxygen atoms in total. The van der Waals surface area contributed by atoms with Crippen LogP contribution in [0.2, 0.25) is 0 Å². The molecule has 4 heteroatoms. The molecule has 1 aromatic carbocycles. The van der Waals surface area contributed by atoms with Crippen molar-refractivity contribution in [3.63, 3.8) is 0 Å². The number of hydrogen-bond acceptors (Lipinski definition) is 3. The zero-order chi connectivity index (χ0) is 15.2. The van der Waals surface area contributed by atoms with Gasteiger partial charge in [-0.1, -0.05) is 12.1 Å². The van der Waals surface area contributed by atoms with E-state index in [1.165, 1.54) is 18.5 Å². The van der Waals surface area contributed by atoms with Gasteiger partial charge in [0.1, 0.15) is 0 Å². The zero-order valence-electron chi connectivity index (χ0n) is 13.3. The molecule has 2 aliphatic heterocycles. The van der Waals surface area contributed by atoms with Gasteiger partial charge in [0, 0.05) is 26.1 Å². The molecule has 1 unspecified atom stereocenters. The van der Waals surface area contributed by atoms with E-state index in [0.717, 1.165) is 44.7 Å². The molecule has 4 rings (SSSR count). The number of hydrogen-bond donors (Lipinski definition) is 1. The number of anilines is 2. The standard InChI is InChI=1S/C18H25N3O/c1-20-11-4-12-21(16-6-3-2-5-15(16)20)17(22)14-13-18(14)7-9-19-10-8-18/h2-3,5-6,14,19H,4,7-13H2,1H3. The van der Waals surface area contributed by atoms with E-state index in [-0.39, 0.29) is 5.92 Å². The summed E-state index contributed by atoms with van der Waals surface area (Å²) >= 11 is 0.